The molecule has 2 aromatic carbocycles. The van der Waals surface area contributed by atoms with Gasteiger partial charge in [-0.05, 0) is 31.0 Å². The molecule has 0 amide bonds. The number of hydrogen-bond donors (Lipinski definition) is 1. The number of benzene rings is 2. The van der Waals surface area contributed by atoms with Crippen LogP contribution < -0.4 is 5.32 Å². The lowest BCUT2D eigenvalue weighted by Gasteiger charge is -2.26. The van der Waals surface area contributed by atoms with Gasteiger partial charge in [-0.3, -0.25) is 10.1 Å². The summed E-state index contributed by atoms with van der Waals surface area (Å²) in [4.78, 5) is 12.0. The van der Waals surface area contributed by atoms with Gasteiger partial charge in [-0.2, -0.15) is 0 Å². The molecule has 1 aliphatic rings. The number of nitro groups is 1. The molecule has 0 bridgehead atoms. The van der Waals surface area contributed by atoms with Crippen molar-refractivity contribution in [3.63, 3.8) is 0 Å². The van der Waals surface area contributed by atoms with Gasteiger partial charge < -0.3 is 5.32 Å². The highest BCUT2D eigenvalue weighted by Crippen LogP contribution is 2.38. The summed E-state index contributed by atoms with van der Waals surface area (Å²) in [6.07, 6.45) is 1.02. The Labute approximate surface area is 127 Å². The number of aryl methyl sites for hydroxylation is 1. The fourth-order valence-electron chi connectivity index (χ4n) is 2.59. The maximum absolute atomic E-state index is 11.0. The molecule has 2 aromatic rings. The van der Waals surface area contributed by atoms with Crippen molar-refractivity contribution < 1.29 is 4.92 Å². The van der Waals surface area contributed by atoms with E-state index in [4.69, 9.17) is 0 Å². The van der Waals surface area contributed by atoms with Crippen LogP contribution in [0.2, 0.25) is 0 Å². The van der Waals surface area contributed by atoms with Crippen molar-refractivity contribution in [2.24, 2.45) is 0 Å². The van der Waals surface area contributed by atoms with E-state index in [1.165, 1.54) is 10.5 Å². The first kappa shape index (κ1) is 13.9. The number of hydrogen-bond acceptors (Lipinski definition) is 4. The first-order chi connectivity index (χ1) is 10.1. The molecule has 0 spiro atoms. The minimum absolute atomic E-state index is 0.165. The third kappa shape index (κ3) is 2.88. The Kier molecular flexibility index (Phi) is 3.84. The van der Waals surface area contributed by atoms with E-state index >= 15 is 0 Å². The number of fused-ring (bicyclic) bond motifs is 1. The number of anilines is 1. The maximum atomic E-state index is 11.0. The minimum atomic E-state index is -0.328. The number of nitrogens with one attached hydrogen (secondary N) is 1. The summed E-state index contributed by atoms with van der Waals surface area (Å²) in [5.74, 6) is 1.06. The molecule has 0 aromatic heterocycles. The van der Waals surface area contributed by atoms with E-state index < -0.39 is 0 Å². The Morgan fingerprint density at radius 3 is 2.90 bits per heavy atom. The molecule has 1 atom stereocenters. The van der Waals surface area contributed by atoms with Gasteiger partial charge in [-0.1, -0.05) is 24.3 Å². The molecule has 0 radical (unpaired) electrons. The zero-order chi connectivity index (χ0) is 14.8. The van der Waals surface area contributed by atoms with Gasteiger partial charge in [0.15, 0.2) is 0 Å². The van der Waals surface area contributed by atoms with Crippen LogP contribution in [0.1, 0.15) is 23.6 Å². The van der Waals surface area contributed by atoms with Gasteiger partial charge in [0.05, 0.1) is 11.0 Å². The third-order valence-corrected chi connectivity index (χ3v) is 4.83. The van der Waals surface area contributed by atoms with Crippen molar-refractivity contribution in [3.05, 3.63) is 63.7 Å². The van der Waals surface area contributed by atoms with Crippen LogP contribution in [-0.4, -0.2) is 10.7 Å². The van der Waals surface area contributed by atoms with Gasteiger partial charge >= 0.3 is 0 Å². The van der Waals surface area contributed by atoms with E-state index in [1.54, 1.807) is 19.1 Å². The number of nitro benzene ring substituents is 1. The van der Waals surface area contributed by atoms with Crippen molar-refractivity contribution in [2.45, 2.75) is 24.3 Å². The molecule has 3 rings (SSSR count). The molecule has 1 N–H and O–H groups in total. The van der Waals surface area contributed by atoms with Gasteiger partial charge in [0.25, 0.3) is 5.69 Å². The quantitative estimate of drug-likeness (QED) is 0.667. The number of thioether (sulfide) groups is 1. The first-order valence-electron chi connectivity index (χ1n) is 6.88. The summed E-state index contributed by atoms with van der Waals surface area (Å²) in [6.45, 7) is 1.76. The van der Waals surface area contributed by atoms with Crippen LogP contribution in [0.25, 0.3) is 0 Å². The monoisotopic (exact) mass is 300 g/mol. The molecule has 0 fully saturated rings. The van der Waals surface area contributed by atoms with Crippen LogP contribution >= 0.6 is 11.8 Å². The molecule has 5 heteroatoms. The Balaban J connectivity index is 1.88. The van der Waals surface area contributed by atoms with Gasteiger partial charge in [-0.15, -0.1) is 11.8 Å². The van der Waals surface area contributed by atoms with Crippen LogP contribution in [0.5, 0.6) is 0 Å². The predicted octanol–water partition coefficient (Wildman–Crippen LogP) is 4.55. The first-order valence-corrected chi connectivity index (χ1v) is 7.87. The second-order valence-corrected chi connectivity index (χ2v) is 6.27. The van der Waals surface area contributed by atoms with Crippen LogP contribution in [0, 0.1) is 17.0 Å². The molecule has 1 unspecified atom stereocenters. The van der Waals surface area contributed by atoms with Gasteiger partial charge in [0, 0.05) is 28.0 Å². The van der Waals surface area contributed by atoms with Crippen molar-refractivity contribution >= 4 is 23.1 Å². The maximum Gasteiger partial charge on any atom is 0.274 e. The summed E-state index contributed by atoms with van der Waals surface area (Å²) < 4.78 is 0. The average molecular weight is 300 g/mol. The molecule has 0 saturated carbocycles. The largest absolute Gasteiger partial charge is 0.378 e. The predicted molar refractivity (Wildman–Crippen MR) is 86.0 cm³/mol. The van der Waals surface area contributed by atoms with E-state index in [0.29, 0.717) is 5.56 Å². The van der Waals surface area contributed by atoms with Crippen molar-refractivity contribution in [1.29, 1.82) is 0 Å². The second-order valence-electron chi connectivity index (χ2n) is 5.13. The average Bonchev–Trinajstić information content (AvgIpc) is 2.49. The molecular weight excluding hydrogens is 284 g/mol. The number of rotatable bonds is 3. The van der Waals surface area contributed by atoms with Crippen LogP contribution in [0.4, 0.5) is 11.4 Å². The fourth-order valence-corrected chi connectivity index (χ4v) is 3.71. The molecule has 4 nitrogen and oxygen atoms in total. The minimum Gasteiger partial charge on any atom is -0.378 e. The Hall–Kier alpha value is -2.01. The molecule has 21 heavy (non-hydrogen) atoms. The Bertz CT molecular complexity index is 688. The lowest BCUT2D eigenvalue weighted by Crippen LogP contribution is -2.16. The SMILES string of the molecule is Cc1ccc(NC2CCSc3ccccc32)cc1[N+](=O)[O-]. The van der Waals surface area contributed by atoms with Gasteiger partial charge in [0.1, 0.15) is 0 Å². The highest BCUT2D eigenvalue weighted by Gasteiger charge is 2.21. The lowest BCUT2D eigenvalue weighted by molar-refractivity contribution is -0.385. The smallest absolute Gasteiger partial charge is 0.274 e. The van der Waals surface area contributed by atoms with Crippen molar-refractivity contribution in [2.75, 3.05) is 11.1 Å². The van der Waals surface area contributed by atoms with Gasteiger partial charge in [0.2, 0.25) is 0 Å². The van der Waals surface area contributed by atoms with Crippen LogP contribution in [0.3, 0.4) is 0 Å². The summed E-state index contributed by atoms with van der Waals surface area (Å²) >= 11 is 1.87. The molecule has 0 aliphatic carbocycles. The van der Waals surface area contributed by atoms with Crippen molar-refractivity contribution in [3.8, 4) is 0 Å². The van der Waals surface area contributed by atoms with Crippen LogP contribution in [0.15, 0.2) is 47.4 Å². The fraction of sp³-hybridized carbons (Fsp3) is 0.250. The summed E-state index contributed by atoms with van der Waals surface area (Å²) in [6, 6.07) is 13.9. The Morgan fingerprint density at radius 2 is 2.10 bits per heavy atom. The van der Waals surface area contributed by atoms with E-state index in [0.717, 1.165) is 17.9 Å². The van der Waals surface area contributed by atoms with Crippen LogP contribution in [-0.2, 0) is 0 Å². The van der Waals surface area contributed by atoms with E-state index in [1.807, 2.05) is 30.0 Å². The van der Waals surface area contributed by atoms with E-state index in [9.17, 15) is 10.1 Å². The highest BCUT2D eigenvalue weighted by molar-refractivity contribution is 7.99. The van der Waals surface area contributed by atoms with E-state index in [2.05, 4.69) is 17.4 Å². The van der Waals surface area contributed by atoms with Crippen molar-refractivity contribution in [1.82, 2.24) is 0 Å². The van der Waals surface area contributed by atoms with E-state index in [-0.39, 0.29) is 16.7 Å². The zero-order valence-corrected chi connectivity index (χ0v) is 12.5. The second kappa shape index (κ2) is 5.77. The summed E-state index contributed by atoms with van der Waals surface area (Å²) in [7, 11) is 0. The zero-order valence-electron chi connectivity index (χ0n) is 11.7. The molecule has 1 aliphatic heterocycles. The molecular formula is C16H16N2O2S. The topological polar surface area (TPSA) is 55.2 Å². The highest BCUT2D eigenvalue weighted by atomic mass is 32.2. The Morgan fingerprint density at radius 1 is 1.29 bits per heavy atom. The molecule has 0 saturated heterocycles. The standard InChI is InChI=1S/C16H16N2O2S/c1-11-6-7-12(10-15(11)18(19)20)17-14-8-9-21-16-5-3-2-4-13(14)16/h2-7,10,14,17H,8-9H2,1H3. The third-order valence-electron chi connectivity index (χ3n) is 3.71. The lowest BCUT2D eigenvalue weighted by atomic mass is 10.0. The summed E-state index contributed by atoms with van der Waals surface area (Å²) in [5, 5.41) is 14.5. The normalized spacial score (nSPS) is 17.1. The number of nitrogens with zero attached hydrogens (tertiary/aromatic N) is 1. The molecule has 108 valence electrons. The summed E-state index contributed by atoms with van der Waals surface area (Å²) in [5.41, 5.74) is 2.93. The van der Waals surface area contributed by atoms with Gasteiger partial charge in [-0.25, -0.2) is 0 Å². The molecule has 1 heterocycles.